The highest BCUT2D eigenvalue weighted by Crippen LogP contribution is 2.29. The van der Waals surface area contributed by atoms with Gasteiger partial charge in [-0.25, -0.2) is 9.78 Å². The van der Waals surface area contributed by atoms with E-state index in [1.807, 2.05) is 4.90 Å². The molecule has 1 fully saturated rings. The van der Waals surface area contributed by atoms with Crippen LogP contribution < -0.4 is 14.4 Å². The molecule has 0 N–H and O–H groups in total. The SMILES string of the molecule is COC(=O)COc1ccc(C(=O)N2CCN(c3ncccc3C#N)CC2)cc1OC. The summed E-state index contributed by atoms with van der Waals surface area (Å²) in [6, 6.07) is 10.4. The van der Waals surface area contributed by atoms with Crippen LogP contribution in [0.25, 0.3) is 0 Å². The quantitative estimate of drug-likeness (QED) is 0.660. The molecule has 0 bridgehead atoms. The van der Waals surface area contributed by atoms with Crippen molar-refractivity contribution in [1.29, 1.82) is 5.26 Å². The van der Waals surface area contributed by atoms with Gasteiger partial charge in [0, 0.05) is 37.9 Å². The van der Waals surface area contributed by atoms with Crippen LogP contribution in [0.2, 0.25) is 0 Å². The summed E-state index contributed by atoms with van der Waals surface area (Å²) in [6.45, 7) is 1.91. The molecule has 0 unspecified atom stereocenters. The number of hydrogen-bond donors (Lipinski definition) is 0. The number of pyridine rings is 1. The summed E-state index contributed by atoms with van der Waals surface area (Å²) in [4.78, 5) is 32.2. The first-order valence-corrected chi connectivity index (χ1v) is 9.34. The molecule has 1 aliphatic heterocycles. The normalized spacial score (nSPS) is 13.4. The van der Waals surface area contributed by atoms with E-state index >= 15 is 0 Å². The van der Waals surface area contributed by atoms with Gasteiger partial charge in [0.25, 0.3) is 5.91 Å². The number of piperazine rings is 1. The number of carbonyl (C=O) groups is 2. The molecule has 0 radical (unpaired) electrons. The zero-order valence-electron chi connectivity index (χ0n) is 16.8. The fourth-order valence-corrected chi connectivity index (χ4v) is 3.16. The maximum Gasteiger partial charge on any atom is 0.343 e. The van der Waals surface area contributed by atoms with Gasteiger partial charge < -0.3 is 24.0 Å². The third-order valence-electron chi connectivity index (χ3n) is 4.76. The lowest BCUT2D eigenvalue weighted by atomic mass is 10.1. The summed E-state index contributed by atoms with van der Waals surface area (Å²) < 4.78 is 15.2. The van der Waals surface area contributed by atoms with Crippen LogP contribution in [0.1, 0.15) is 15.9 Å². The molecule has 0 aliphatic carbocycles. The second-order valence-electron chi connectivity index (χ2n) is 6.50. The second kappa shape index (κ2) is 9.60. The average Bonchev–Trinajstić information content (AvgIpc) is 2.81. The van der Waals surface area contributed by atoms with Gasteiger partial charge in [0.15, 0.2) is 18.1 Å². The van der Waals surface area contributed by atoms with E-state index in [1.54, 1.807) is 41.4 Å². The minimum atomic E-state index is -0.512. The van der Waals surface area contributed by atoms with Gasteiger partial charge in [0.2, 0.25) is 0 Å². The summed E-state index contributed by atoms with van der Waals surface area (Å²) in [6.07, 6.45) is 1.66. The number of aromatic nitrogens is 1. The maximum absolute atomic E-state index is 12.9. The van der Waals surface area contributed by atoms with Crippen LogP contribution in [0.5, 0.6) is 11.5 Å². The largest absolute Gasteiger partial charge is 0.493 e. The van der Waals surface area contributed by atoms with Crippen molar-refractivity contribution in [2.24, 2.45) is 0 Å². The molecule has 2 heterocycles. The Morgan fingerprint density at radius 3 is 2.57 bits per heavy atom. The first-order valence-electron chi connectivity index (χ1n) is 9.34. The van der Waals surface area contributed by atoms with Gasteiger partial charge in [-0.05, 0) is 30.3 Å². The number of amides is 1. The molecule has 1 amide bonds. The molecular weight excluding hydrogens is 388 g/mol. The summed E-state index contributed by atoms with van der Waals surface area (Å²) in [5, 5.41) is 9.26. The topological polar surface area (TPSA) is 105 Å². The summed E-state index contributed by atoms with van der Waals surface area (Å²) in [5.41, 5.74) is 0.978. The van der Waals surface area contributed by atoms with Gasteiger partial charge in [-0.3, -0.25) is 4.79 Å². The van der Waals surface area contributed by atoms with Crippen molar-refractivity contribution in [1.82, 2.24) is 9.88 Å². The van der Waals surface area contributed by atoms with E-state index in [0.29, 0.717) is 54.6 Å². The first kappa shape index (κ1) is 20.9. The highest BCUT2D eigenvalue weighted by Gasteiger charge is 2.25. The number of benzene rings is 1. The molecule has 9 nitrogen and oxygen atoms in total. The Labute approximate surface area is 174 Å². The smallest absolute Gasteiger partial charge is 0.343 e. The fraction of sp³-hybridized carbons (Fsp3) is 0.333. The van der Waals surface area contributed by atoms with Crippen LogP contribution in [-0.4, -0.2) is 68.8 Å². The molecule has 156 valence electrons. The Bertz CT molecular complexity index is 964. The van der Waals surface area contributed by atoms with E-state index in [1.165, 1.54) is 14.2 Å². The molecule has 1 saturated heterocycles. The lowest BCUT2D eigenvalue weighted by Crippen LogP contribution is -2.49. The van der Waals surface area contributed by atoms with E-state index < -0.39 is 5.97 Å². The second-order valence-corrected chi connectivity index (χ2v) is 6.50. The number of hydrogen-bond acceptors (Lipinski definition) is 8. The molecule has 1 aromatic carbocycles. The zero-order valence-corrected chi connectivity index (χ0v) is 16.8. The Hall–Kier alpha value is -3.80. The van der Waals surface area contributed by atoms with Gasteiger partial charge >= 0.3 is 5.97 Å². The fourth-order valence-electron chi connectivity index (χ4n) is 3.16. The molecular formula is C21H22N4O5. The summed E-state index contributed by atoms with van der Waals surface area (Å²) in [7, 11) is 2.74. The lowest BCUT2D eigenvalue weighted by molar-refractivity contribution is -0.142. The molecule has 0 atom stereocenters. The monoisotopic (exact) mass is 410 g/mol. The minimum absolute atomic E-state index is 0.131. The molecule has 1 aliphatic rings. The molecule has 1 aromatic heterocycles. The molecule has 30 heavy (non-hydrogen) atoms. The van der Waals surface area contributed by atoms with Crippen LogP contribution in [0.3, 0.4) is 0 Å². The predicted octanol–water partition coefficient (Wildman–Crippen LogP) is 1.48. The molecule has 2 aromatic rings. The summed E-state index contributed by atoms with van der Waals surface area (Å²) >= 11 is 0. The number of anilines is 1. The Balaban J connectivity index is 1.66. The van der Waals surface area contributed by atoms with Crippen molar-refractivity contribution in [3.63, 3.8) is 0 Å². The van der Waals surface area contributed by atoms with E-state index in [0.717, 1.165) is 0 Å². The van der Waals surface area contributed by atoms with E-state index in [4.69, 9.17) is 9.47 Å². The Morgan fingerprint density at radius 1 is 1.13 bits per heavy atom. The average molecular weight is 410 g/mol. The molecule has 9 heteroatoms. The predicted molar refractivity (Wildman–Crippen MR) is 108 cm³/mol. The number of nitrogens with zero attached hydrogens (tertiary/aromatic N) is 4. The van der Waals surface area contributed by atoms with Crippen molar-refractivity contribution < 1.29 is 23.8 Å². The summed E-state index contributed by atoms with van der Waals surface area (Å²) in [5.74, 6) is 0.705. The van der Waals surface area contributed by atoms with E-state index in [9.17, 15) is 14.9 Å². The van der Waals surface area contributed by atoms with Gasteiger partial charge in [-0.2, -0.15) is 5.26 Å². The van der Waals surface area contributed by atoms with Crippen LogP contribution in [0, 0.1) is 11.3 Å². The minimum Gasteiger partial charge on any atom is -0.493 e. The van der Waals surface area contributed by atoms with Gasteiger partial charge in [-0.1, -0.05) is 0 Å². The van der Waals surface area contributed by atoms with Crippen molar-refractivity contribution in [3.05, 3.63) is 47.7 Å². The highest BCUT2D eigenvalue weighted by molar-refractivity contribution is 5.95. The van der Waals surface area contributed by atoms with Gasteiger partial charge in [0.05, 0.1) is 19.8 Å². The number of nitriles is 1. The standard InChI is InChI=1S/C21H22N4O5/c1-28-18-12-15(5-6-17(18)30-14-19(26)29-2)21(27)25-10-8-24(9-11-25)20-16(13-22)4-3-7-23-20/h3-7,12H,8-11,14H2,1-2H3. The molecule has 3 rings (SSSR count). The number of methoxy groups -OCH3 is 2. The van der Waals surface area contributed by atoms with Crippen molar-refractivity contribution in [2.75, 3.05) is 51.9 Å². The Kier molecular flexibility index (Phi) is 6.70. The van der Waals surface area contributed by atoms with E-state index in [2.05, 4.69) is 15.8 Å². The van der Waals surface area contributed by atoms with E-state index in [-0.39, 0.29) is 12.5 Å². The third kappa shape index (κ3) is 4.60. The van der Waals surface area contributed by atoms with Crippen molar-refractivity contribution in [3.8, 4) is 17.6 Å². The van der Waals surface area contributed by atoms with Gasteiger partial charge in [0.1, 0.15) is 11.9 Å². The molecule has 0 spiro atoms. The van der Waals surface area contributed by atoms with Crippen LogP contribution >= 0.6 is 0 Å². The number of rotatable bonds is 6. The van der Waals surface area contributed by atoms with Crippen LogP contribution in [0.4, 0.5) is 5.82 Å². The number of ether oxygens (including phenoxy) is 3. The van der Waals surface area contributed by atoms with Gasteiger partial charge in [-0.15, -0.1) is 0 Å². The number of carbonyl (C=O) groups excluding carboxylic acids is 2. The van der Waals surface area contributed by atoms with Crippen molar-refractivity contribution >= 4 is 17.7 Å². The lowest BCUT2D eigenvalue weighted by Gasteiger charge is -2.35. The van der Waals surface area contributed by atoms with Crippen LogP contribution in [0.15, 0.2) is 36.5 Å². The first-order chi connectivity index (χ1) is 14.6. The zero-order chi connectivity index (χ0) is 21.5. The maximum atomic E-state index is 12.9. The Morgan fingerprint density at radius 2 is 1.90 bits per heavy atom. The van der Waals surface area contributed by atoms with Crippen LogP contribution in [-0.2, 0) is 9.53 Å². The molecule has 0 saturated carbocycles. The number of esters is 1. The third-order valence-corrected chi connectivity index (χ3v) is 4.76. The van der Waals surface area contributed by atoms with Crippen molar-refractivity contribution in [2.45, 2.75) is 0 Å². The highest BCUT2D eigenvalue weighted by atomic mass is 16.6.